The lowest BCUT2D eigenvalue weighted by molar-refractivity contribution is -0.150. The van der Waals surface area contributed by atoms with Gasteiger partial charge >= 0.3 is 11.9 Å². The Labute approximate surface area is 141 Å². The van der Waals surface area contributed by atoms with E-state index in [4.69, 9.17) is 9.47 Å². The highest BCUT2D eigenvalue weighted by Gasteiger charge is 2.09. The van der Waals surface area contributed by atoms with Crippen LogP contribution in [0.2, 0.25) is 0 Å². The maximum Gasteiger partial charge on any atom is 0.306 e. The molecule has 0 aromatic rings. The molecule has 0 radical (unpaired) electrons. The van der Waals surface area contributed by atoms with Crippen molar-refractivity contribution in [3.05, 3.63) is 12.2 Å². The first kappa shape index (κ1) is 21.7. The van der Waals surface area contributed by atoms with E-state index < -0.39 is 0 Å². The van der Waals surface area contributed by atoms with Gasteiger partial charge in [0, 0.05) is 0 Å². The topological polar surface area (TPSA) is 52.6 Å². The van der Waals surface area contributed by atoms with E-state index in [-0.39, 0.29) is 24.8 Å². The summed E-state index contributed by atoms with van der Waals surface area (Å²) in [7, 11) is 0. The van der Waals surface area contributed by atoms with Gasteiger partial charge in [0.2, 0.25) is 0 Å². The van der Waals surface area contributed by atoms with Gasteiger partial charge in [0.15, 0.2) is 0 Å². The Kier molecular flexibility index (Phi) is 14.7. The fourth-order valence-corrected chi connectivity index (χ4v) is 1.97. The van der Waals surface area contributed by atoms with Crippen LogP contribution in [0.1, 0.15) is 78.6 Å². The third-order valence-corrected chi connectivity index (χ3v) is 3.39. The van der Waals surface area contributed by atoms with Gasteiger partial charge in [-0.25, -0.2) is 0 Å². The molecule has 0 saturated heterocycles. The largest absolute Gasteiger partial charge is 0.466 e. The van der Waals surface area contributed by atoms with Crippen LogP contribution in [0.25, 0.3) is 0 Å². The Balaban J connectivity index is 3.45. The fourth-order valence-electron chi connectivity index (χ4n) is 1.97. The Hall–Kier alpha value is -1.32. The maximum atomic E-state index is 11.5. The zero-order chi connectivity index (χ0) is 17.3. The predicted octanol–water partition coefficient (Wildman–Crippen LogP) is 4.82. The number of allylic oxidation sites excluding steroid dienone is 2. The average molecular weight is 326 g/mol. The van der Waals surface area contributed by atoms with Crippen LogP contribution in [0.4, 0.5) is 0 Å². The lowest BCUT2D eigenvalue weighted by Crippen LogP contribution is -2.11. The Morgan fingerprint density at radius 1 is 0.870 bits per heavy atom. The third kappa shape index (κ3) is 16.9. The molecular weight excluding hydrogens is 292 g/mol. The van der Waals surface area contributed by atoms with Gasteiger partial charge in [0.1, 0.15) is 0 Å². The Morgan fingerprint density at radius 2 is 1.39 bits per heavy atom. The summed E-state index contributed by atoms with van der Waals surface area (Å²) in [5, 5.41) is 0. The van der Waals surface area contributed by atoms with Gasteiger partial charge in [-0.15, -0.1) is 0 Å². The molecule has 0 saturated carbocycles. The molecule has 4 nitrogen and oxygen atoms in total. The number of carbonyl (C=O) groups is 2. The first-order valence-corrected chi connectivity index (χ1v) is 9.02. The van der Waals surface area contributed by atoms with E-state index >= 15 is 0 Å². The van der Waals surface area contributed by atoms with Crippen molar-refractivity contribution in [3.8, 4) is 0 Å². The van der Waals surface area contributed by atoms with Gasteiger partial charge in [-0.05, 0) is 38.0 Å². The lowest BCUT2D eigenvalue weighted by atomic mass is 10.1. The maximum absolute atomic E-state index is 11.5. The minimum absolute atomic E-state index is 0.107. The molecule has 0 amide bonds. The molecule has 0 fully saturated rings. The van der Waals surface area contributed by atoms with Gasteiger partial charge in [-0.2, -0.15) is 0 Å². The van der Waals surface area contributed by atoms with Crippen molar-refractivity contribution in [3.63, 3.8) is 0 Å². The minimum Gasteiger partial charge on any atom is -0.466 e. The van der Waals surface area contributed by atoms with Crippen molar-refractivity contribution in [1.29, 1.82) is 0 Å². The van der Waals surface area contributed by atoms with Crippen molar-refractivity contribution in [2.45, 2.75) is 78.6 Å². The van der Waals surface area contributed by atoms with Crippen LogP contribution in [-0.4, -0.2) is 25.2 Å². The first-order chi connectivity index (χ1) is 11.1. The third-order valence-electron chi connectivity index (χ3n) is 3.39. The van der Waals surface area contributed by atoms with E-state index in [1.54, 1.807) is 0 Å². The molecule has 0 aromatic heterocycles. The summed E-state index contributed by atoms with van der Waals surface area (Å²) >= 11 is 0. The summed E-state index contributed by atoms with van der Waals surface area (Å²) in [6.07, 6.45) is 11.8. The number of carbonyl (C=O) groups excluding carboxylic acids is 2. The molecular formula is C19H34O4. The second kappa shape index (κ2) is 15.6. The minimum atomic E-state index is -0.320. The zero-order valence-corrected chi connectivity index (χ0v) is 15.1. The first-order valence-electron chi connectivity index (χ1n) is 9.02. The quantitative estimate of drug-likeness (QED) is 0.261. The van der Waals surface area contributed by atoms with Crippen molar-refractivity contribution < 1.29 is 19.1 Å². The lowest BCUT2D eigenvalue weighted by Gasteiger charge is -2.06. The average Bonchev–Trinajstić information content (AvgIpc) is 2.52. The van der Waals surface area contributed by atoms with Gasteiger partial charge in [0.25, 0.3) is 0 Å². The monoisotopic (exact) mass is 326 g/mol. The summed E-state index contributed by atoms with van der Waals surface area (Å²) < 4.78 is 10.2. The molecule has 0 aliphatic heterocycles. The summed E-state index contributed by atoms with van der Waals surface area (Å²) in [6.45, 7) is 7.31. The predicted molar refractivity (Wildman–Crippen MR) is 93.1 cm³/mol. The highest BCUT2D eigenvalue weighted by atomic mass is 16.5. The molecule has 0 atom stereocenters. The number of esters is 2. The van der Waals surface area contributed by atoms with Gasteiger partial charge < -0.3 is 9.47 Å². The SMILES string of the molecule is CCCC/C=C/CCCOC(=O)CCC(=O)OCCCC(C)C. The van der Waals surface area contributed by atoms with Crippen LogP contribution in [0, 0.1) is 5.92 Å². The molecule has 134 valence electrons. The van der Waals surface area contributed by atoms with Gasteiger partial charge in [-0.1, -0.05) is 45.8 Å². The molecule has 0 rings (SSSR count). The molecule has 4 heteroatoms. The number of ether oxygens (including phenoxy) is 2. The van der Waals surface area contributed by atoms with Crippen LogP contribution < -0.4 is 0 Å². The van der Waals surface area contributed by atoms with E-state index in [0.717, 1.165) is 32.1 Å². The molecule has 0 heterocycles. The summed E-state index contributed by atoms with van der Waals surface area (Å²) in [6, 6.07) is 0. The molecule has 0 N–H and O–H groups in total. The van der Waals surface area contributed by atoms with Crippen LogP contribution in [0.15, 0.2) is 12.2 Å². The number of hydrogen-bond donors (Lipinski definition) is 0. The van der Waals surface area contributed by atoms with Crippen LogP contribution in [0.5, 0.6) is 0 Å². The highest BCUT2D eigenvalue weighted by molar-refractivity contribution is 5.77. The smallest absolute Gasteiger partial charge is 0.306 e. The molecule has 0 bridgehead atoms. The zero-order valence-electron chi connectivity index (χ0n) is 15.1. The second-order valence-corrected chi connectivity index (χ2v) is 6.23. The standard InChI is InChI=1S/C19H34O4/c1-4-5-6-7-8-9-10-15-22-18(20)13-14-19(21)23-16-11-12-17(2)3/h7-8,17H,4-6,9-16H2,1-3H3/b8-7+. The Morgan fingerprint density at radius 3 is 1.91 bits per heavy atom. The molecule has 0 spiro atoms. The molecule has 23 heavy (non-hydrogen) atoms. The number of rotatable bonds is 14. The van der Waals surface area contributed by atoms with Crippen LogP contribution in [0.3, 0.4) is 0 Å². The van der Waals surface area contributed by atoms with E-state index in [2.05, 4.69) is 32.9 Å². The highest BCUT2D eigenvalue weighted by Crippen LogP contribution is 2.04. The van der Waals surface area contributed by atoms with E-state index in [1.807, 2.05) is 0 Å². The fraction of sp³-hybridized carbons (Fsp3) is 0.789. The molecule has 0 unspecified atom stereocenters. The van der Waals surface area contributed by atoms with Gasteiger partial charge in [-0.3, -0.25) is 9.59 Å². The molecule has 0 aliphatic carbocycles. The van der Waals surface area contributed by atoms with E-state index in [0.29, 0.717) is 19.1 Å². The normalized spacial score (nSPS) is 11.1. The van der Waals surface area contributed by atoms with Crippen molar-refractivity contribution >= 4 is 11.9 Å². The second-order valence-electron chi connectivity index (χ2n) is 6.23. The van der Waals surface area contributed by atoms with Crippen LogP contribution >= 0.6 is 0 Å². The Bertz CT molecular complexity index is 334. The molecule has 0 aliphatic rings. The van der Waals surface area contributed by atoms with Crippen molar-refractivity contribution in [1.82, 2.24) is 0 Å². The summed E-state index contributed by atoms with van der Waals surface area (Å²) in [5.74, 6) is -0.0196. The van der Waals surface area contributed by atoms with Crippen molar-refractivity contribution in [2.75, 3.05) is 13.2 Å². The number of unbranched alkanes of at least 4 members (excludes halogenated alkanes) is 3. The summed E-state index contributed by atoms with van der Waals surface area (Å²) in [4.78, 5) is 22.9. The van der Waals surface area contributed by atoms with E-state index in [1.165, 1.54) is 12.8 Å². The summed E-state index contributed by atoms with van der Waals surface area (Å²) in [5.41, 5.74) is 0. The van der Waals surface area contributed by atoms with Crippen molar-refractivity contribution in [2.24, 2.45) is 5.92 Å². The van der Waals surface area contributed by atoms with E-state index in [9.17, 15) is 9.59 Å². The van der Waals surface area contributed by atoms with Gasteiger partial charge in [0.05, 0.1) is 26.1 Å². The number of hydrogen-bond acceptors (Lipinski definition) is 4. The molecule has 0 aromatic carbocycles. The van der Waals surface area contributed by atoms with Crippen LogP contribution in [-0.2, 0) is 19.1 Å².